The zero-order valence-corrected chi connectivity index (χ0v) is 16.7. The number of hydrogen-bond donors (Lipinski definition) is 1. The lowest BCUT2D eigenvalue weighted by Gasteiger charge is -2.31. The summed E-state index contributed by atoms with van der Waals surface area (Å²) in [6.07, 6.45) is 5.60. The molecule has 1 aromatic carbocycles. The Balaban J connectivity index is 1.75. The number of rotatable bonds is 4. The summed E-state index contributed by atoms with van der Waals surface area (Å²) in [6, 6.07) is 5.01. The molecule has 7 nitrogen and oxygen atoms in total. The number of hydrogen-bond acceptors (Lipinski definition) is 4. The second-order valence-electron chi connectivity index (χ2n) is 7.61. The van der Waals surface area contributed by atoms with E-state index in [9.17, 15) is 9.59 Å². The molecular weight excluding hydrogens is 358 g/mol. The van der Waals surface area contributed by atoms with E-state index in [1.807, 2.05) is 17.0 Å². The highest BCUT2D eigenvalue weighted by atomic mass is 16.5. The number of carbonyl (C=O) groups is 2. The van der Waals surface area contributed by atoms with Gasteiger partial charge in [0.05, 0.1) is 38.1 Å². The van der Waals surface area contributed by atoms with E-state index < -0.39 is 6.04 Å². The first-order valence-corrected chi connectivity index (χ1v) is 9.86. The van der Waals surface area contributed by atoms with Gasteiger partial charge in [-0.15, -0.1) is 0 Å². The zero-order valence-electron chi connectivity index (χ0n) is 16.7. The Labute approximate surface area is 165 Å². The van der Waals surface area contributed by atoms with Crippen molar-refractivity contribution in [3.8, 4) is 11.5 Å². The second kappa shape index (κ2) is 7.37. The molecule has 3 amide bonds. The van der Waals surface area contributed by atoms with E-state index in [0.29, 0.717) is 23.6 Å². The van der Waals surface area contributed by atoms with Crippen molar-refractivity contribution in [2.24, 2.45) is 0 Å². The van der Waals surface area contributed by atoms with Crippen LogP contribution in [-0.2, 0) is 4.79 Å². The molecule has 0 spiro atoms. The summed E-state index contributed by atoms with van der Waals surface area (Å²) in [5.41, 5.74) is 2.16. The number of para-hydroxylation sites is 1. The van der Waals surface area contributed by atoms with Gasteiger partial charge in [0.25, 0.3) is 5.91 Å². The molecule has 1 saturated carbocycles. The minimum atomic E-state index is -0.551. The van der Waals surface area contributed by atoms with Crippen LogP contribution in [0.25, 0.3) is 0 Å². The summed E-state index contributed by atoms with van der Waals surface area (Å²) in [7, 11) is 4.87. The number of nitrogens with one attached hydrogen (secondary N) is 1. The Morgan fingerprint density at radius 2 is 1.82 bits per heavy atom. The Bertz CT molecular complexity index is 829. The van der Waals surface area contributed by atoms with Crippen LogP contribution in [0.3, 0.4) is 0 Å². The minimum Gasteiger partial charge on any atom is -0.493 e. The third-order valence-corrected chi connectivity index (χ3v) is 6.15. The van der Waals surface area contributed by atoms with E-state index in [2.05, 4.69) is 5.32 Å². The highest BCUT2D eigenvalue weighted by Crippen LogP contribution is 2.43. The van der Waals surface area contributed by atoms with Crippen LogP contribution >= 0.6 is 0 Å². The highest BCUT2D eigenvalue weighted by molar-refractivity contribution is 6.01. The predicted molar refractivity (Wildman–Crippen MR) is 104 cm³/mol. The SMILES string of the molecule is COc1cccc(C2NC(=O)N(C)C3=C2C(=O)N(C2CCCCC2)C3)c1OC. The number of carbonyl (C=O) groups excluding carboxylic acids is 2. The van der Waals surface area contributed by atoms with Gasteiger partial charge in [-0.1, -0.05) is 31.4 Å². The molecule has 1 aromatic rings. The molecule has 28 heavy (non-hydrogen) atoms. The monoisotopic (exact) mass is 385 g/mol. The van der Waals surface area contributed by atoms with E-state index in [1.165, 1.54) is 6.42 Å². The van der Waals surface area contributed by atoms with Gasteiger partial charge in [-0.2, -0.15) is 0 Å². The van der Waals surface area contributed by atoms with Gasteiger partial charge in [-0.05, 0) is 18.9 Å². The molecule has 7 heteroatoms. The maximum absolute atomic E-state index is 13.4. The second-order valence-corrected chi connectivity index (χ2v) is 7.61. The quantitative estimate of drug-likeness (QED) is 0.865. The maximum Gasteiger partial charge on any atom is 0.322 e. The molecule has 1 aliphatic carbocycles. The Morgan fingerprint density at radius 1 is 1.07 bits per heavy atom. The Hall–Kier alpha value is -2.70. The van der Waals surface area contributed by atoms with Gasteiger partial charge in [-0.25, -0.2) is 4.79 Å². The van der Waals surface area contributed by atoms with Gasteiger partial charge in [0.2, 0.25) is 0 Å². The summed E-state index contributed by atoms with van der Waals surface area (Å²) in [5, 5.41) is 2.98. The number of amides is 3. The molecule has 150 valence electrons. The van der Waals surface area contributed by atoms with Crippen molar-refractivity contribution >= 4 is 11.9 Å². The van der Waals surface area contributed by atoms with E-state index >= 15 is 0 Å². The van der Waals surface area contributed by atoms with Crippen molar-refractivity contribution in [3.05, 3.63) is 35.0 Å². The fraction of sp³-hybridized carbons (Fsp3) is 0.524. The number of likely N-dealkylation sites (N-methyl/N-ethyl adjacent to an activating group) is 1. The summed E-state index contributed by atoms with van der Waals surface area (Å²) in [6.45, 7) is 0.492. The summed E-state index contributed by atoms with van der Waals surface area (Å²) in [5.74, 6) is 1.13. The van der Waals surface area contributed by atoms with Crippen molar-refractivity contribution in [1.29, 1.82) is 0 Å². The average Bonchev–Trinajstić information content (AvgIpc) is 3.08. The van der Waals surface area contributed by atoms with Gasteiger partial charge in [-0.3, -0.25) is 9.69 Å². The van der Waals surface area contributed by atoms with Gasteiger partial charge >= 0.3 is 6.03 Å². The first-order valence-electron chi connectivity index (χ1n) is 9.86. The molecular formula is C21H27N3O4. The first kappa shape index (κ1) is 18.7. The van der Waals surface area contributed by atoms with Crippen molar-refractivity contribution in [1.82, 2.24) is 15.1 Å². The molecule has 2 heterocycles. The normalized spacial score (nSPS) is 23.0. The molecule has 0 radical (unpaired) electrons. The lowest BCUT2D eigenvalue weighted by molar-refractivity contribution is -0.128. The molecule has 0 saturated heterocycles. The minimum absolute atomic E-state index is 0.0172. The van der Waals surface area contributed by atoms with Gasteiger partial charge in [0, 0.05) is 18.7 Å². The van der Waals surface area contributed by atoms with Crippen LogP contribution in [0.1, 0.15) is 43.7 Å². The molecule has 0 bridgehead atoms. The number of benzene rings is 1. The Morgan fingerprint density at radius 3 is 2.50 bits per heavy atom. The maximum atomic E-state index is 13.4. The zero-order chi connectivity index (χ0) is 19.8. The van der Waals surface area contributed by atoms with E-state index in [4.69, 9.17) is 9.47 Å². The summed E-state index contributed by atoms with van der Waals surface area (Å²) < 4.78 is 11.0. The smallest absolute Gasteiger partial charge is 0.322 e. The van der Waals surface area contributed by atoms with Crippen LogP contribution in [0.4, 0.5) is 4.79 Å². The van der Waals surface area contributed by atoms with Crippen LogP contribution in [0.5, 0.6) is 11.5 Å². The molecule has 4 rings (SSSR count). The standard InChI is InChI=1S/C21H27N3O4/c1-23-15-12-24(13-8-5-4-6-9-13)20(25)17(15)18(22-21(23)26)14-10-7-11-16(27-2)19(14)28-3/h7,10-11,13,18H,4-6,8-9,12H2,1-3H3,(H,22,26). The largest absolute Gasteiger partial charge is 0.493 e. The van der Waals surface area contributed by atoms with Crippen LogP contribution in [0.15, 0.2) is 29.5 Å². The average molecular weight is 385 g/mol. The third kappa shape index (κ3) is 2.89. The lowest BCUT2D eigenvalue weighted by Crippen LogP contribution is -2.45. The summed E-state index contributed by atoms with van der Waals surface area (Å²) in [4.78, 5) is 29.6. The topological polar surface area (TPSA) is 71.1 Å². The Kier molecular flexibility index (Phi) is 4.91. The van der Waals surface area contributed by atoms with Crippen molar-refractivity contribution in [2.75, 3.05) is 27.8 Å². The van der Waals surface area contributed by atoms with Crippen LogP contribution in [0.2, 0.25) is 0 Å². The number of nitrogens with zero attached hydrogens (tertiary/aromatic N) is 2. The van der Waals surface area contributed by atoms with Gasteiger partial charge in [0.15, 0.2) is 11.5 Å². The van der Waals surface area contributed by atoms with Crippen molar-refractivity contribution < 1.29 is 19.1 Å². The van der Waals surface area contributed by atoms with Crippen LogP contribution in [-0.4, -0.2) is 55.6 Å². The third-order valence-electron chi connectivity index (χ3n) is 6.15. The molecule has 1 atom stereocenters. The molecule has 1 unspecified atom stereocenters. The number of urea groups is 1. The molecule has 0 aromatic heterocycles. The van der Waals surface area contributed by atoms with E-state index in [-0.39, 0.29) is 18.0 Å². The summed E-state index contributed by atoms with van der Waals surface area (Å²) >= 11 is 0. The molecule has 3 aliphatic rings. The fourth-order valence-electron chi connectivity index (χ4n) is 4.65. The molecule has 1 N–H and O–H groups in total. The van der Waals surface area contributed by atoms with Crippen molar-refractivity contribution in [2.45, 2.75) is 44.2 Å². The lowest BCUT2D eigenvalue weighted by atomic mass is 9.93. The van der Waals surface area contributed by atoms with E-state index in [1.54, 1.807) is 32.2 Å². The van der Waals surface area contributed by atoms with Crippen LogP contribution in [0, 0.1) is 0 Å². The van der Waals surface area contributed by atoms with Gasteiger partial charge < -0.3 is 19.7 Å². The molecule has 2 aliphatic heterocycles. The highest BCUT2D eigenvalue weighted by Gasteiger charge is 2.45. The van der Waals surface area contributed by atoms with Crippen LogP contribution < -0.4 is 14.8 Å². The number of methoxy groups -OCH3 is 2. The first-order chi connectivity index (χ1) is 13.6. The predicted octanol–water partition coefficient (Wildman–Crippen LogP) is 2.83. The number of ether oxygens (including phenoxy) is 2. The van der Waals surface area contributed by atoms with Crippen molar-refractivity contribution in [3.63, 3.8) is 0 Å². The van der Waals surface area contributed by atoms with Gasteiger partial charge in [0.1, 0.15) is 0 Å². The van der Waals surface area contributed by atoms with E-state index in [0.717, 1.165) is 36.9 Å². The molecule has 1 fully saturated rings. The fourth-order valence-corrected chi connectivity index (χ4v) is 4.65.